The molecule has 0 saturated heterocycles. The Morgan fingerprint density at radius 3 is 1.07 bits per heavy atom. The van der Waals surface area contributed by atoms with Crippen molar-refractivity contribution in [3.63, 3.8) is 0 Å². The second-order valence-electron chi connectivity index (χ2n) is 16.7. The third kappa shape index (κ3) is 46.3. The lowest BCUT2D eigenvalue weighted by atomic mass is 10.1. The molecule has 0 rings (SSSR count). The number of esters is 3. The van der Waals surface area contributed by atoms with Gasteiger partial charge < -0.3 is 14.2 Å². The van der Waals surface area contributed by atoms with E-state index < -0.39 is 6.10 Å². The smallest absolute Gasteiger partial charge is 0.306 e. The van der Waals surface area contributed by atoms with Gasteiger partial charge >= 0.3 is 17.9 Å². The Balaban J connectivity index is 4.36. The topological polar surface area (TPSA) is 78.9 Å². The maximum atomic E-state index is 12.8. The number of allylic oxidation sites excluding steroid dienone is 8. The van der Waals surface area contributed by atoms with Crippen molar-refractivity contribution in [2.24, 2.45) is 0 Å². The summed E-state index contributed by atoms with van der Waals surface area (Å²) < 4.78 is 16.7. The molecule has 342 valence electrons. The van der Waals surface area contributed by atoms with Gasteiger partial charge in [-0.2, -0.15) is 0 Å². The van der Waals surface area contributed by atoms with Gasteiger partial charge in [0.2, 0.25) is 0 Å². The van der Waals surface area contributed by atoms with Gasteiger partial charge in [-0.05, 0) is 89.9 Å². The number of carbonyl (C=O) groups excluding carboxylic acids is 3. The molecule has 0 aliphatic carbocycles. The van der Waals surface area contributed by atoms with E-state index in [0.717, 1.165) is 96.3 Å². The first-order valence-electron chi connectivity index (χ1n) is 25.1. The predicted octanol–water partition coefficient (Wildman–Crippen LogP) is 16.3. The van der Waals surface area contributed by atoms with Gasteiger partial charge in [0.05, 0.1) is 0 Å². The van der Waals surface area contributed by atoms with E-state index in [0.29, 0.717) is 19.3 Å². The van der Waals surface area contributed by atoms with Crippen molar-refractivity contribution >= 4 is 17.9 Å². The fourth-order valence-corrected chi connectivity index (χ4v) is 6.93. The lowest BCUT2D eigenvalue weighted by Crippen LogP contribution is -2.30. The molecule has 0 spiro atoms. The van der Waals surface area contributed by atoms with Crippen molar-refractivity contribution in [2.45, 2.75) is 258 Å². The first-order valence-corrected chi connectivity index (χ1v) is 25.1. The molecule has 0 radical (unpaired) electrons. The lowest BCUT2D eigenvalue weighted by Gasteiger charge is -2.18. The van der Waals surface area contributed by atoms with E-state index in [9.17, 15) is 14.4 Å². The molecule has 0 aromatic carbocycles. The van der Waals surface area contributed by atoms with Gasteiger partial charge in [-0.3, -0.25) is 14.4 Å². The second-order valence-corrected chi connectivity index (χ2v) is 16.7. The molecule has 0 amide bonds. The van der Waals surface area contributed by atoms with Crippen LogP contribution in [0.15, 0.2) is 48.6 Å². The normalized spacial score (nSPS) is 12.4. The van der Waals surface area contributed by atoms with E-state index in [4.69, 9.17) is 14.2 Å². The van der Waals surface area contributed by atoms with Crippen LogP contribution in [0.1, 0.15) is 252 Å². The molecule has 6 nitrogen and oxygen atoms in total. The standard InChI is InChI=1S/C53H94O6/c1-4-7-10-13-16-19-22-24-26-27-28-30-31-34-37-40-43-46-52(55)58-49-50(48-57-51(54)45-42-39-36-33-21-18-15-12-9-6-3)59-53(56)47-44-41-38-35-32-29-25-23-20-17-14-11-8-5-2/h12,14-15,17,23-26,50H,4-11,13,16,18-22,27-49H2,1-3H3/b15-12-,17-14-,25-23-,26-24-. The maximum Gasteiger partial charge on any atom is 0.306 e. The van der Waals surface area contributed by atoms with E-state index >= 15 is 0 Å². The number of unbranched alkanes of at least 4 members (excludes halogenated alkanes) is 26. The summed E-state index contributed by atoms with van der Waals surface area (Å²) in [5.41, 5.74) is 0. The average molecular weight is 827 g/mol. The molecule has 0 N–H and O–H groups in total. The van der Waals surface area contributed by atoms with Crippen molar-refractivity contribution < 1.29 is 28.6 Å². The molecular formula is C53H94O6. The van der Waals surface area contributed by atoms with Crippen LogP contribution in [-0.4, -0.2) is 37.2 Å². The first kappa shape index (κ1) is 56.4. The van der Waals surface area contributed by atoms with E-state index in [1.54, 1.807) is 0 Å². The van der Waals surface area contributed by atoms with Crippen molar-refractivity contribution in [1.29, 1.82) is 0 Å². The predicted molar refractivity (Wildman–Crippen MR) is 252 cm³/mol. The Labute approximate surface area is 365 Å². The van der Waals surface area contributed by atoms with Gasteiger partial charge in [0.15, 0.2) is 6.10 Å². The summed E-state index contributed by atoms with van der Waals surface area (Å²) in [6.45, 7) is 6.51. The van der Waals surface area contributed by atoms with Crippen LogP contribution in [0.25, 0.3) is 0 Å². The zero-order valence-electron chi connectivity index (χ0n) is 39.0. The summed E-state index contributed by atoms with van der Waals surface area (Å²) in [7, 11) is 0. The van der Waals surface area contributed by atoms with Crippen LogP contribution < -0.4 is 0 Å². The number of hydrogen-bond donors (Lipinski definition) is 0. The lowest BCUT2D eigenvalue weighted by molar-refractivity contribution is -0.167. The van der Waals surface area contributed by atoms with Gasteiger partial charge in [-0.1, -0.05) is 191 Å². The van der Waals surface area contributed by atoms with Crippen LogP contribution in [0, 0.1) is 0 Å². The van der Waals surface area contributed by atoms with Crippen LogP contribution in [0.2, 0.25) is 0 Å². The second kappa shape index (κ2) is 48.0. The minimum absolute atomic E-state index is 0.0833. The molecule has 1 atom stereocenters. The molecule has 6 heteroatoms. The van der Waals surface area contributed by atoms with Gasteiger partial charge in [0.1, 0.15) is 13.2 Å². The van der Waals surface area contributed by atoms with Crippen LogP contribution in [0.4, 0.5) is 0 Å². The maximum absolute atomic E-state index is 12.8. The summed E-state index contributed by atoms with van der Waals surface area (Å²) in [5, 5.41) is 0. The zero-order valence-corrected chi connectivity index (χ0v) is 39.0. The molecule has 0 bridgehead atoms. The van der Waals surface area contributed by atoms with E-state index in [-0.39, 0.29) is 31.1 Å². The fraction of sp³-hybridized carbons (Fsp3) is 0.792. The number of ether oxygens (including phenoxy) is 3. The Bertz CT molecular complexity index is 1040. The van der Waals surface area contributed by atoms with Crippen LogP contribution in [0.3, 0.4) is 0 Å². The highest BCUT2D eigenvalue weighted by Gasteiger charge is 2.19. The summed E-state index contributed by atoms with van der Waals surface area (Å²) >= 11 is 0. The van der Waals surface area contributed by atoms with Crippen molar-refractivity contribution in [3.8, 4) is 0 Å². The minimum Gasteiger partial charge on any atom is -0.462 e. The fourth-order valence-electron chi connectivity index (χ4n) is 6.93. The molecule has 59 heavy (non-hydrogen) atoms. The molecule has 0 aromatic rings. The highest BCUT2D eigenvalue weighted by molar-refractivity contribution is 5.71. The summed E-state index contributed by atoms with van der Waals surface area (Å²) in [6, 6.07) is 0. The minimum atomic E-state index is -0.783. The van der Waals surface area contributed by atoms with Gasteiger partial charge in [0, 0.05) is 19.3 Å². The van der Waals surface area contributed by atoms with Crippen molar-refractivity contribution in [1.82, 2.24) is 0 Å². The van der Waals surface area contributed by atoms with Gasteiger partial charge in [-0.15, -0.1) is 0 Å². The van der Waals surface area contributed by atoms with Crippen molar-refractivity contribution in [3.05, 3.63) is 48.6 Å². The average Bonchev–Trinajstić information content (AvgIpc) is 3.23. The Hall–Kier alpha value is -2.63. The third-order valence-electron chi connectivity index (χ3n) is 10.8. The van der Waals surface area contributed by atoms with E-state index in [1.165, 1.54) is 116 Å². The molecule has 0 saturated carbocycles. The quantitative estimate of drug-likeness (QED) is 0.0263. The first-order chi connectivity index (χ1) is 29.0. The zero-order chi connectivity index (χ0) is 43.0. The summed E-state index contributed by atoms with van der Waals surface area (Å²) in [5.74, 6) is -0.909. The van der Waals surface area contributed by atoms with E-state index in [2.05, 4.69) is 69.4 Å². The summed E-state index contributed by atoms with van der Waals surface area (Å²) in [4.78, 5) is 37.9. The molecule has 0 fully saturated rings. The highest BCUT2D eigenvalue weighted by Crippen LogP contribution is 2.14. The Kier molecular flexibility index (Phi) is 45.9. The van der Waals surface area contributed by atoms with Gasteiger partial charge in [0.25, 0.3) is 0 Å². The number of rotatable bonds is 45. The number of hydrogen-bond acceptors (Lipinski definition) is 6. The molecule has 0 heterocycles. The Morgan fingerprint density at radius 1 is 0.339 bits per heavy atom. The Morgan fingerprint density at radius 2 is 0.661 bits per heavy atom. The monoisotopic (exact) mass is 827 g/mol. The van der Waals surface area contributed by atoms with Crippen LogP contribution in [-0.2, 0) is 28.6 Å². The SMILES string of the molecule is CCC/C=C\CCCCCCCC(=O)OCC(COC(=O)CCCCCCCCC/C=C\CCCCCCCC)OC(=O)CCCCCCC/C=C\C/C=C\CCCC. The largest absolute Gasteiger partial charge is 0.462 e. The molecule has 1 unspecified atom stereocenters. The van der Waals surface area contributed by atoms with E-state index in [1.807, 2.05) is 0 Å². The molecular weight excluding hydrogens is 733 g/mol. The van der Waals surface area contributed by atoms with Crippen LogP contribution in [0.5, 0.6) is 0 Å². The van der Waals surface area contributed by atoms with Gasteiger partial charge in [-0.25, -0.2) is 0 Å². The highest BCUT2D eigenvalue weighted by atomic mass is 16.6. The molecule has 0 aromatic heterocycles. The molecule has 0 aliphatic rings. The summed E-state index contributed by atoms with van der Waals surface area (Å²) in [6.07, 6.45) is 56.6. The van der Waals surface area contributed by atoms with Crippen LogP contribution >= 0.6 is 0 Å². The molecule has 0 aliphatic heterocycles. The third-order valence-corrected chi connectivity index (χ3v) is 10.8. The van der Waals surface area contributed by atoms with Crippen molar-refractivity contribution in [2.75, 3.05) is 13.2 Å². The number of carbonyl (C=O) groups is 3.